The molecule has 0 bridgehead atoms. The normalized spacial score (nSPS) is 11.3. The van der Waals surface area contributed by atoms with E-state index in [1.54, 1.807) is 14.2 Å². The van der Waals surface area contributed by atoms with Crippen molar-refractivity contribution in [1.82, 2.24) is 0 Å². The quantitative estimate of drug-likeness (QED) is 0.262. The van der Waals surface area contributed by atoms with Crippen LogP contribution in [-0.2, 0) is 9.47 Å². The molecule has 4 rings (SSSR count). The van der Waals surface area contributed by atoms with Gasteiger partial charge in [-0.15, -0.1) is 9.24 Å². The summed E-state index contributed by atoms with van der Waals surface area (Å²) in [5, 5.41) is 4.36. The summed E-state index contributed by atoms with van der Waals surface area (Å²) in [6, 6.07) is 24.9. The number of ether oxygens (including phenoxy) is 4. The van der Waals surface area contributed by atoms with E-state index in [4.69, 9.17) is 18.9 Å². The molecule has 0 radical (unpaired) electrons. The summed E-state index contributed by atoms with van der Waals surface area (Å²) in [4.78, 5) is 0. The summed E-state index contributed by atoms with van der Waals surface area (Å²) in [5.74, 6) is 1.64. The minimum atomic E-state index is -0.0436. The number of benzene rings is 4. The molecule has 0 saturated heterocycles. The molecule has 0 spiro atoms. The van der Waals surface area contributed by atoms with Gasteiger partial charge >= 0.3 is 0 Å². The summed E-state index contributed by atoms with van der Waals surface area (Å²) in [7, 11) is 6.20. The first kappa shape index (κ1) is 20.6. The highest BCUT2D eigenvalue weighted by atomic mass is 31.0. The molecule has 1 unspecified atom stereocenters. The molecule has 0 heterocycles. The molecule has 0 aliphatic heterocycles. The van der Waals surface area contributed by atoms with Crippen LogP contribution >= 0.6 is 9.24 Å². The number of rotatable bonds is 8. The molecule has 0 amide bonds. The van der Waals surface area contributed by atoms with Crippen LogP contribution in [-0.4, -0.2) is 27.8 Å². The lowest BCUT2D eigenvalue weighted by molar-refractivity contribution is 0.0509. The minimum Gasteiger partial charge on any atom is -0.467 e. The highest BCUT2D eigenvalue weighted by Gasteiger charge is 2.21. The maximum absolute atomic E-state index is 6.05. The van der Waals surface area contributed by atoms with Crippen LogP contribution in [0.4, 0.5) is 0 Å². The fourth-order valence-electron chi connectivity index (χ4n) is 3.73. The largest absolute Gasteiger partial charge is 0.467 e. The molecule has 30 heavy (non-hydrogen) atoms. The maximum atomic E-state index is 6.05. The summed E-state index contributed by atoms with van der Waals surface area (Å²) in [6.07, 6.45) is 0. The van der Waals surface area contributed by atoms with E-state index < -0.39 is 0 Å². The Morgan fingerprint density at radius 3 is 1.50 bits per heavy atom. The van der Waals surface area contributed by atoms with Gasteiger partial charge in [0.05, 0.1) is 0 Å². The van der Waals surface area contributed by atoms with Crippen LogP contribution in [0, 0.1) is 0 Å². The molecular weight excluding hydrogens is 395 g/mol. The fourth-order valence-corrected chi connectivity index (χ4v) is 4.26. The smallest absolute Gasteiger partial charge is 0.188 e. The van der Waals surface area contributed by atoms with Crippen LogP contribution in [0.1, 0.15) is 16.8 Å². The van der Waals surface area contributed by atoms with Gasteiger partial charge in [-0.1, -0.05) is 72.8 Å². The monoisotopic (exact) mass is 420 g/mol. The second-order valence-electron chi connectivity index (χ2n) is 6.99. The third-order valence-electron chi connectivity index (χ3n) is 5.13. The number of methoxy groups -OCH3 is 2. The highest BCUT2D eigenvalue weighted by Crippen LogP contribution is 2.45. The van der Waals surface area contributed by atoms with Crippen molar-refractivity contribution in [3.05, 3.63) is 83.9 Å². The van der Waals surface area contributed by atoms with Crippen molar-refractivity contribution in [3.63, 3.8) is 0 Å². The molecule has 0 fully saturated rings. The van der Waals surface area contributed by atoms with Gasteiger partial charge in [0.1, 0.15) is 11.5 Å². The summed E-state index contributed by atoms with van der Waals surface area (Å²) in [6.45, 7) is 0.367. The molecule has 0 aliphatic carbocycles. The maximum Gasteiger partial charge on any atom is 0.188 e. The predicted molar refractivity (Wildman–Crippen MR) is 124 cm³/mol. The highest BCUT2D eigenvalue weighted by molar-refractivity contribution is 7.17. The lowest BCUT2D eigenvalue weighted by atomic mass is 9.96. The Balaban J connectivity index is 1.87. The van der Waals surface area contributed by atoms with Crippen molar-refractivity contribution in [1.29, 1.82) is 0 Å². The Morgan fingerprint density at radius 1 is 0.633 bits per heavy atom. The molecular formula is C25H25O4P. The number of hydrogen-bond acceptors (Lipinski definition) is 4. The van der Waals surface area contributed by atoms with E-state index in [1.165, 1.54) is 0 Å². The van der Waals surface area contributed by atoms with Crippen molar-refractivity contribution >= 4 is 30.8 Å². The van der Waals surface area contributed by atoms with Crippen LogP contribution in [0.15, 0.2) is 72.8 Å². The second kappa shape index (κ2) is 9.44. The van der Waals surface area contributed by atoms with Gasteiger partial charge in [-0.2, -0.15) is 0 Å². The molecule has 4 nitrogen and oxygen atoms in total. The van der Waals surface area contributed by atoms with Crippen molar-refractivity contribution in [2.75, 3.05) is 27.8 Å². The average molecular weight is 420 g/mol. The molecule has 0 N–H and O–H groups in total. The van der Waals surface area contributed by atoms with Gasteiger partial charge in [-0.05, 0) is 10.8 Å². The van der Waals surface area contributed by atoms with Gasteiger partial charge in [0.15, 0.2) is 13.6 Å². The summed E-state index contributed by atoms with van der Waals surface area (Å²) < 4.78 is 22.5. The predicted octanol–water partition coefficient (Wildman–Crippen LogP) is 5.92. The van der Waals surface area contributed by atoms with Gasteiger partial charge in [0, 0.05) is 41.8 Å². The van der Waals surface area contributed by atoms with Gasteiger partial charge in [-0.3, -0.25) is 0 Å². The SMILES string of the molecule is COCOc1c(C(P)c2ccc3ccccc3c2OCOC)ccc2ccccc12. The van der Waals surface area contributed by atoms with Gasteiger partial charge in [0.2, 0.25) is 0 Å². The summed E-state index contributed by atoms with van der Waals surface area (Å²) in [5.41, 5.74) is 2.06. The van der Waals surface area contributed by atoms with E-state index in [1.807, 2.05) is 24.3 Å². The van der Waals surface area contributed by atoms with E-state index in [0.717, 1.165) is 44.2 Å². The van der Waals surface area contributed by atoms with E-state index in [-0.39, 0.29) is 19.2 Å². The fraction of sp³-hybridized carbons (Fsp3) is 0.200. The Morgan fingerprint density at radius 2 is 1.07 bits per heavy atom. The molecule has 1 atom stereocenters. The van der Waals surface area contributed by atoms with Crippen molar-refractivity contribution in [2.24, 2.45) is 0 Å². The Kier molecular flexibility index (Phi) is 6.49. The van der Waals surface area contributed by atoms with Crippen molar-refractivity contribution in [2.45, 2.75) is 5.66 Å². The lowest BCUT2D eigenvalue weighted by Gasteiger charge is -2.22. The Hall–Kier alpha value is -2.65. The summed E-state index contributed by atoms with van der Waals surface area (Å²) >= 11 is 0. The van der Waals surface area contributed by atoms with Gasteiger partial charge < -0.3 is 18.9 Å². The van der Waals surface area contributed by atoms with Crippen molar-refractivity contribution < 1.29 is 18.9 Å². The number of hydrogen-bond donors (Lipinski definition) is 0. The van der Waals surface area contributed by atoms with Crippen LogP contribution in [0.3, 0.4) is 0 Å². The standard InChI is InChI=1S/C25H25O4P/c1-26-15-28-23-19-9-5-3-7-17(19)11-13-21(23)25(30)22-14-12-18-8-4-6-10-20(18)24(22)29-16-27-2/h3-14,25H,15-16,30H2,1-2H3. The zero-order valence-corrected chi connectivity index (χ0v) is 18.3. The lowest BCUT2D eigenvalue weighted by Crippen LogP contribution is -2.07. The first-order valence-electron chi connectivity index (χ1n) is 9.77. The minimum absolute atomic E-state index is 0.0436. The molecule has 154 valence electrons. The first-order chi connectivity index (χ1) is 14.7. The molecule has 0 saturated carbocycles. The third kappa shape index (κ3) is 3.99. The zero-order chi connectivity index (χ0) is 20.9. The van der Waals surface area contributed by atoms with Crippen LogP contribution in [0.5, 0.6) is 11.5 Å². The second-order valence-corrected chi connectivity index (χ2v) is 7.66. The van der Waals surface area contributed by atoms with E-state index in [2.05, 4.69) is 57.8 Å². The third-order valence-corrected chi connectivity index (χ3v) is 5.85. The molecule has 0 aromatic heterocycles. The zero-order valence-electron chi connectivity index (χ0n) is 17.1. The van der Waals surface area contributed by atoms with Gasteiger partial charge in [0.25, 0.3) is 0 Å². The average Bonchev–Trinajstić information content (AvgIpc) is 2.80. The molecule has 0 aliphatic rings. The molecule has 4 aromatic rings. The van der Waals surface area contributed by atoms with Crippen molar-refractivity contribution in [3.8, 4) is 11.5 Å². The van der Waals surface area contributed by atoms with Crippen LogP contribution in [0.2, 0.25) is 0 Å². The van der Waals surface area contributed by atoms with E-state index in [9.17, 15) is 0 Å². The Labute approximate surface area is 178 Å². The first-order valence-corrected chi connectivity index (χ1v) is 10.4. The van der Waals surface area contributed by atoms with E-state index >= 15 is 0 Å². The number of fused-ring (bicyclic) bond motifs is 2. The topological polar surface area (TPSA) is 36.9 Å². The van der Waals surface area contributed by atoms with E-state index in [0.29, 0.717) is 0 Å². The molecule has 4 aromatic carbocycles. The Bertz CT molecular complexity index is 1070. The van der Waals surface area contributed by atoms with Crippen LogP contribution < -0.4 is 9.47 Å². The molecule has 5 heteroatoms. The van der Waals surface area contributed by atoms with Crippen LogP contribution in [0.25, 0.3) is 21.5 Å². The van der Waals surface area contributed by atoms with Gasteiger partial charge in [-0.25, -0.2) is 0 Å².